The largest absolute Gasteiger partial charge is 0.465 e. The van der Waals surface area contributed by atoms with Crippen LogP contribution in [0, 0.1) is 0 Å². The van der Waals surface area contributed by atoms with E-state index in [0.29, 0.717) is 23.1 Å². The standard InChI is InChI=1S/C13H14N2O3/c1-2-18-12(16)8-15-7-6-9-10(13(15)17)4-3-5-11(9)14/h3-7H,2,8,14H2,1H3. The van der Waals surface area contributed by atoms with Crippen molar-refractivity contribution < 1.29 is 9.53 Å². The van der Waals surface area contributed by atoms with Gasteiger partial charge in [0.05, 0.1) is 6.61 Å². The predicted molar refractivity (Wildman–Crippen MR) is 69.3 cm³/mol. The van der Waals surface area contributed by atoms with E-state index in [1.807, 2.05) is 0 Å². The van der Waals surface area contributed by atoms with Crippen LogP contribution >= 0.6 is 0 Å². The summed E-state index contributed by atoms with van der Waals surface area (Å²) < 4.78 is 6.13. The van der Waals surface area contributed by atoms with Gasteiger partial charge in [0.25, 0.3) is 5.56 Å². The van der Waals surface area contributed by atoms with Gasteiger partial charge in [-0.3, -0.25) is 9.59 Å². The zero-order valence-electron chi connectivity index (χ0n) is 10.1. The molecule has 0 bridgehead atoms. The number of nitrogens with zero attached hydrogens (tertiary/aromatic N) is 1. The van der Waals surface area contributed by atoms with Gasteiger partial charge in [0, 0.05) is 22.7 Å². The number of benzene rings is 1. The molecule has 0 fully saturated rings. The Kier molecular flexibility index (Phi) is 3.32. The molecule has 1 aromatic carbocycles. The lowest BCUT2D eigenvalue weighted by atomic mass is 10.1. The number of aromatic nitrogens is 1. The van der Waals surface area contributed by atoms with Crippen LogP contribution < -0.4 is 11.3 Å². The van der Waals surface area contributed by atoms with Crippen molar-refractivity contribution >= 4 is 22.4 Å². The molecule has 0 amide bonds. The summed E-state index contributed by atoms with van der Waals surface area (Å²) in [7, 11) is 0. The number of rotatable bonds is 3. The number of esters is 1. The van der Waals surface area contributed by atoms with Crippen LogP contribution in [0.3, 0.4) is 0 Å². The lowest BCUT2D eigenvalue weighted by Crippen LogP contribution is -2.25. The average Bonchev–Trinajstić information content (AvgIpc) is 2.34. The van der Waals surface area contributed by atoms with E-state index in [9.17, 15) is 9.59 Å². The Bertz CT molecular complexity index is 646. The Balaban J connectivity index is 2.46. The highest BCUT2D eigenvalue weighted by Gasteiger charge is 2.08. The Hall–Kier alpha value is -2.30. The second-order valence-electron chi connectivity index (χ2n) is 3.86. The van der Waals surface area contributed by atoms with Crippen molar-refractivity contribution in [1.82, 2.24) is 4.57 Å². The lowest BCUT2D eigenvalue weighted by Gasteiger charge is -2.07. The molecule has 0 aliphatic carbocycles. The van der Waals surface area contributed by atoms with Gasteiger partial charge in [0.2, 0.25) is 0 Å². The lowest BCUT2D eigenvalue weighted by molar-refractivity contribution is -0.143. The third kappa shape index (κ3) is 2.20. The number of pyridine rings is 1. The molecular formula is C13H14N2O3. The Morgan fingerprint density at radius 1 is 1.33 bits per heavy atom. The highest BCUT2D eigenvalue weighted by Crippen LogP contribution is 2.16. The number of ether oxygens (including phenoxy) is 1. The number of hydrogen-bond donors (Lipinski definition) is 1. The van der Waals surface area contributed by atoms with Crippen molar-refractivity contribution in [2.24, 2.45) is 0 Å². The van der Waals surface area contributed by atoms with Crippen LogP contribution in [0.1, 0.15) is 6.92 Å². The molecule has 0 spiro atoms. The monoisotopic (exact) mass is 246 g/mol. The maximum atomic E-state index is 12.1. The average molecular weight is 246 g/mol. The van der Waals surface area contributed by atoms with Gasteiger partial charge >= 0.3 is 5.97 Å². The molecule has 0 saturated heterocycles. The van der Waals surface area contributed by atoms with Crippen LogP contribution in [0.4, 0.5) is 5.69 Å². The smallest absolute Gasteiger partial charge is 0.326 e. The molecule has 0 aliphatic rings. The van der Waals surface area contributed by atoms with E-state index in [2.05, 4.69) is 0 Å². The molecular weight excluding hydrogens is 232 g/mol. The number of nitrogens with two attached hydrogens (primary N) is 1. The van der Waals surface area contributed by atoms with Crippen LogP contribution in [0.5, 0.6) is 0 Å². The minimum absolute atomic E-state index is 0.0859. The van der Waals surface area contributed by atoms with Crippen LogP contribution in [-0.2, 0) is 16.1 Å². The zero-order chi connectivity index (χ0) is 13.1. The molecule has 0 atom stereocenters. The number of carbonyl (C=O) groups excluding carboxylic acids is 1. The fraction of sp³-hybridized carbons (Fsp3) is 0.231. The number of nitrogen functional groups attached to an aromatic ring is 1. The molecule has 1 aromatic heterocycles. The first kappa shape index (κ1) is 12.2. The SMILES string of the molecule is CCOC(=O)Cn1ccc2c(N)cccc2c1=O. The van der Waals surface area contributed by atoms with Crippen molar-refractivity contribution in [2.45, 2.75) is 13.5 Å². The summed E-state index contributed by atoms with van der Waals surface area (Å²) in [6.07, 6.45) is 1.55. The molecule has 94 valence electrons. The second-order valence-corrected chi connectivity index (χ2v) is 3.86. The third-order valence-corrected chi connectivity index (χ3v) is 2.66. The quantitative estimate of drug-likeness (QED) is 0.651. The minimum Gasteiger partial charge on any atom is -0.465 e. The van der Waals surface area contributed by atoms with E-state index < -0.39 is 5.97 Å². The second kappa shape index (κ2) is 4.91. The molecule has 2 rings (SSSR count). The molecule has 5 nitrogen and oxygen atoms in total. The van der Waals surface area contributed by atoms with Crippen molar-refractivity contribution in [1.29, 1.82) is 0 Å². The minimum atomic E-state index is -0.428. The van der Waals surface area contributed by atoms with Gasteiger partial charge in [-0.15, -0.1) is 0 Å². The van der Waals surface area contributed by atoms with Gasteiger partial charge in [-0.05, 0) is 25.1 Å². The number of anilines is 1. The predicted octanol–water partition coefficient (Wildman–Crippen LogP) is 1.15. The summed E-state index contributed by atoms with van der Waals surface area (Å²) in [5.41, 5.74) is 6.09. The highest BCUT2D eigenvalue weighted by atomic mass is 16.5. The maximum absolute atomic E-state index is 12.1. The van der Waals surface area contributed by atoms with Crippen molar-refractivity contribution in [3.63, 3.8) is 0 Å². The van der Waals surface area contributed by atoms with E-state index in [4.69, 9.17) is 10.5 Å². The topological polar surface area (TPSA) is 74.3 Å². The first-order valence-electron chi connectivity index (χ1n) is 5.66. The fourth-order valence-electron chi connectivity index (χ4n) is 1.81. The van der Waals surface area contributed by atoms with Gasteiger partial charge in [-0.2, -0.15) is 0 Å². The molecule has 2 N–H and O–H groups in total. The molecule has 0 unspecified atom stereocenters. The number of fused-ring (bicyclic) bond motifs is 1. The van der Waals surface area contributed by atoms with E-state index in [0.717, 1.165) is 0 Å². The summed E-state index contributed by atoms with van der Waals surface area (Å²) in [6, 6.07) is 6.87. The molecule has 0 saturated carbocycles. The molecule has 2 aromatic rings. The molecule has 5 heteroatoms. The van der Waals surface area contributed by atoms with E-state index in [1.54, 1.807) is 37.4 Å². The van der Waals surface area contributed by atoms with Gasteiger partial charge in [0.15, 0.2) is 0 Å². The summed E-state index contributed by atoms with van der Waals surface area (Å²) in [6.45, 7) is 1.94. The molecule has 18 heavy (non-hydrogen) atoms. The van der Waals surface area contributed by atoms with Crippen LogP contribution in [0.25, 0.3) is 10.8 Å². The van der Waals surface area contributed by atoms with Crippen molar-refractivity contribution in [2.75, 3.05) is 12.3 Å². The summed E-state index contributed by atoms with van der Waals surface area (Å²) >= 11 is 0. The van der Waals surface area contributed by atoms with Crippen LogP contribution in [-0.4, -0.2) is 17.1 Å². The summed E-state index contributed by atoms with van der Waals surface area (Å²) in [5.74, 6) is -0.428. The van der Waals surface area contributed by atoms with E-state index in [1.165, 1.54) is 4.57 Å². The van der Waals surface area contributed by atoms with Gasteiger partial charge in [-0.1, -0.05) is 6.07 Å². The molecule has 0 aliphatic heterocycles. The van der Waals surface area contributed by atoms with E-state index in [-0.39, 0.29) is 12.1 Å². The Labute approximate surface area is 104 Å². The fourth-order valence-corrected chi connectivity index (χ4v) is 1.81. The normalized spacial score (nSPS) is 10.5. The molecule has 0 radical (unpaired) electrons. The Morgan fingerprint density at radius 2 is 2.11 bits per heavy atom. The summed E-state index contributed by atoms with van der Waals surface area (Å²) in [4.78, 5) is 23.5. The summed E-state index contributed by atoms with van der Waals surface area (Å²) in [5, 5.41) is 1.20. The van der Waals surface area contributed by atoms with Crippen molar-refractivity contribution in [3.05, 3.63) is 40.8 Å². The van der Waals surface area contributed by atoms with Gasteiger partial charge in [0.1, 0.15) is 6.54 Å². The zero-order valence-corrected chi connectivity index (χ0v) is 10.1. The third-order valence-electron chi connectivity index (χ3n) is 2.66. The maximum Gasteiger partial charge on any atom is 0.326 e. The first-order chi connectivity index (χ1) is 8.63. The van der Waals surface area contributed by atoms with Crippen LogP contribution in [0.15, 0.2) is 35.3 Å². The molecule has 1 heterocycles. The highest BCUT2D eigenvalue weighted by molar-refractivity contribution is 5.92. The number of hydrogen-bond acceptors (Lipinski definition) is 4. The van der Waals surface area contributed by atoms with Gasteiger partial charge in [-0.25, -0.2) is 0 Å². The first-order valence-corrected chi connectivity index (χ1v) is 5.66. The van der Waals surface area contributed by atoms with Crippen molar-refractivity contribution in [3.8, 4) is 0 Å². The van der Waals surface area contributed by atoms with Gasteiger partial charge < -0.3 is 15.0 Å². The Morgan fingerprint density at radius 3 is 2.83 bits per heavy atom. The van der Waals surface area contributed by atoms with E-state index >= 15 is 0 Å². The number of carbonyl (C=O) groups is 1. The van der Waals surface area contributed by atoms with Crippen LogP contribution in [0.2, 0.25) is 0 Å².